The first-order valence-electron chi connectivity index (χ1n) is 7.24. The zero-order chi connectivity index (χ0) is 16.3. The lowest BCUT2D eigenvalue weighted by atomic mass is 10.1. The Hall–Kier alpha value is -2.43. The zero-order valence-corrected chi connectivity index (χ0v) is 13.7. The van der Waals surface area contributed by atoms with Crippen LogP contribution in [-0.2, 0) is 4.79 Å². The largest absolute Gasteiger partial charge is 0.347 e. The predicted molar refractivity (Wildman–Crippen MR) is 87.7 cm³/mol. The molecule has 1 aromatic heterocycles. The number of likely N-dealkylation sites (N-methyl/N-ethyl adjacent to an activating group) is 1. The van der Waals surface area contributed by atoms with E-state index in [2.05, 4.69) is 15.3 Å². The fraction of sp³-hybridized carbons (Fsp3) is 0.353. The number of aryl methyl sites for hydroxylation is 2. The highest BCUT2D eigenvalue weighted by Gasteiger charge is 2.23. The van der Waals surface area contributed by atoms with Crippen molar-refractivity contribution >= 4 is 11.9 Å². The third kappa shape index (κ3) is 3.42. The normalized spacial score (nSPS) is 11.9. The fourth-order valence-corrected chi connectivity index (χ4v) is 2.16. The lowest BCUT2D eigenvalue weighted by molar-refractivity contribution is -0.129. The molecule has 1 N–H and O–H groups in total. The van der Waals surface area contributed by atoms with Gasteiger partial charge in [0.05, 0.1) is 0 Å². The Kier molecular flexibility index (Phi) is 4.75. The summed E-state index contributed by atoms with van der Waals surface area (Å²) in [6.45, 7) is 5.88. The lowest BCUT2D eigenvalue weighted by Gasteiger charge is -2.22. The molecular weight excluding hydrogens is 276 g/mol. The van der Waals surface area contributed by atoms with Gasteiger partial charge in [0.15, 0.2) is 0 Å². The Balaban J connectivity index is 2.37. The molecule has 116 valence electrons. The number of hydrogen-bond acceptors (Lipinski definition) is 4. The summed E-state index contributed by atoms with van der Waals surface area (Å²) in [6, 6.07) is 9.11. The molecule has 1 heterocycles. The van der Waals surface area contributed by atoms with Gasteiger partial charge in [-0.15, -0.1) is 0 Å². The van der Waals surface area contributed by atoms with Crippen molar-refractivity contribution in [1.29, 1.82) is 0 Å². The lowest BCUT2D eigenvalue weighted by Crippen LogP contribution is -2.33. The fourth-order valence-electron chi connectivity index (χ4n) is 2.16. The maximum atomic E-state index is 12.5. The van der Waals surface area contributed by atoms with Crippen molar-refractivity contribution in [3.8, 4) is 0 Å². The molecule has 22 heavy (non-hydrogen) atoms. The summed E-state index contributed by atoms with van der Waals surface area (Å²) in [4.78, 5) is 23.0. The molecule has 2 aromatic rings. The van der Waals surface area contributed by atoms with E-state index in [-0.39, 0.29) is 5.91 Å². The smallest absolute Gasteiger partial charge is 0.249 e. The van der Waals surface area contributed by atoms with Crippen LogP contribution in [0.25, 0.3) is 0 Å². The molecule has 1 unspecified atom stereocenters. The van der Waals surface area contributed by atoms with E-state index >= 15 is 0 Å². The summed E-state index contributed by atoms with van der Waals surface area (Å²) in [6.07, 6.45) is 0. The van der Waals surface area contributed by atoms with Crippen molar-refractivity contribution in [2.24, 2.45) is 0 Å². The zero-order valence-electron chi connectivity index (χ0n) is 13.7. The molecule has 1 atom stereocenters. The van der Waals surface area contributed by atoms with E-state index in [1.54, 1.807) is 19.0 Å². The highest BCUT2D eigenvalue weighted by Crippen LogP contribution is 2.20. The molecule has 0 fully saturated rings. The second kappa shape index (κ2) is 6.56. The summed E-state index contributed by atoms with van der Waals surface area (Å²) < 4.78 is 0. The third-order valence-corrected chi connectivity index (χ3v) is 3.73. The van der Waals surface area contributed by atoms with Crippen LogP contribution in [0.1, 0.15) is 28.6 Å². The van der Waals surface area contributed by atoms with Crippen LogP contribution in [0.15, 0.2) is 30.3 Å². The number of carbonyl (C=O) groups is 1. The predicted octanol–water partition coefficient (Wildman–Crippen LogP) is 2.64. The third-order valence-electron chi connectivity index (χ3n) is 3.73. The molecule has 1 amide bonds. The molecule has 0 spiro atoms. The van der Waals surface area contributed by atoms with Crippen LogP contribution >= 0.6 is 0 Å². The molecular formula is C17H22N4O. The number of hydrogen-bond donors (Lipinski definition) is 1. The summed E-state index contributed by atoms with van der Waals surface area (Å²) >= 11 is 0. The highest BCUT2D eigenvalue weighted by atomic mass is 16.2. The maximum Gasteiger partial charge on any atom is 0.249 e. The molecule has 0 saturated carbocycles. The van der Waals surface area contributed by atoms with Crippen molar-refractivity contribution in [1.82, 2.24) is 14.9 Å². The minimum atomic E-state index is -0.502. The van der Waals surface area contributed by atoms with Crippen LogP contribution in [0.2, 0.25) is 0 Å². The van der Waals surface area contributed by atoms with Gasteiger partial charge in [-0.2, -0.15) is 0 Å². The standard InChI is InChI=1S/C17H22N4O/c1-11-12(2)18-17(19-13(11)3)20-15(16(22)21(4)5)14-9-7-6-8-10-14/h6-10,15H,1-5H3,(H,18,19,20). The van der Waals surface area contributed by atoms with Gasteiger partial charge in [-0.05, 0) is 31.9 Å². The Morgan fingerprint density at radius 2 is 1.59 bits per heavy atom. The number of benzene rings is 1. The van der Waals surface area contributed by atoms with E-state index in [9.17, 15) is 4.79 Å². The molecule has 0 aliphatic rings. The number of anilines is 1. The maximum absolute atomic E-state index is 12.5. The van der Waals surface area contributed by atoms with Gasteiger partial charge < -0.3 is 10.2 Å². The van der Waals surface area contributed by atoms with Crippen LogP contribution in [-0.4, -0.2) is 34.9 Å². The van der Waals surface area contributed by atoms with Crippen LogP contribution in [0.5, 0.6) is 0 Å². The second-order valence-electron chi connectivity index (χ2n) is 5.56. The minimum Gasteiger partial charge on any atom is -0.347 e. The average Bonchev–Trinajstić information content (AvgIpc) is 2.50. The molecule has 0 aliphatic carbocycles. The van der Waals surface area contributed by atoms with E-state index in [0.29, 0.717) is 5.95 Å². The number of aromatic nitrogens is 2. The first kappa shape index (κ1) is 15.9. The Morgan fingerprint density at radius 1 is 1.05 bits per heavy atom. The van der Waals surface area contributed by atoms with Crippen LogP contribution in [0.3, 0.4) is 0 Å². The Morgan fingerprint density at radius 3 is 2.09 bits per heavy atom. The summed E-state index contributed by atoms with van der Waals surface area (Å²) in [5.74, 6) is 0.440. The SMILES string of the molecule is Cc1nc(NC(C(=O)N(C)C)c2ccccc2)nc(C)c1C. The molecule has 0 aliphatic heterocycles. The Bertz CT molecular complexity index is 645. The van der Waals surface area contributed by atoms with Crippen LogP contribution in [0.4, 0.5) is 5.95 Å². The summed E-state index contributed by atoms with van der Waals surface area (Å²) in [5, 5.41) is 3.17. The number of amides is 1. The summed E-state index contributed by atoms with van der Waals surface area (Å²) in [5.41, 5.74) is 3.79. The van der Waals surface area contributed by atoms with Gasteiger partial charge in [0.1, 0.15) is 6.04 Å². The van der Waals surface area contributed by atoms with E-state index in [1.807, 2.05) is 51.1 Å². The first-order valence-corrected chi connectivity index (χ1v) is 7.24. The molecule has 1 aromatic carbocycles. The van der Waals surface area contributed by atoms with Gasteiger partial charge in [0.25, 0.3) is 0 Å². The quantitative estimate of drug-likeness (QED) is 0.942. The van der Waals surface area contributed by atoms with Gasteiger partial charge in [-0.25, -0.2) is 9.97 Å². The first-order chi connectivity index (χ1) is 10.4. The molecule has 5 nitrogen and oxygen atoms in total. The number of nitrogens with one attached hydrogen (secondary N) is 1. The molecule has 0 saturated heterocycles. The van der Waals surface area contributed by atoms with E-state index in [4.69, 9.17) is 0 Å². The number of carbonyl (C=O) groups excluding carboxylic acids is 1. The number of rotatable bonds is 4. The topological polar surface area (TPSA) is 58.1 Å². The second-order valence-corrected chi connectivity index (χ2v) is 5.56. The Labute approximate surface area is 131 Å². The average molecular weight is 298 g/mol. The van der Waals surface area contributed by atoms with Gasteiger partial charge in [0.2, 0.25) is 11.9 Å². The van der Waals surface area contributed by atoms with E-state index in [1.165, 1.54) is 0 Å². The van der Waals surface area contributed by atoms with Crippen molar-refractivity contribution in [2.45, 2.75) is 26.8 Å². The minimum absolute atomic E-state index is 0.0364. The summed E-state index contributed by atoms with van der Waals surface area (Å²) in [7, 11) is 3.49. The van der Waals surface area contributed by atoms with Crippen molar-refractivity contribution in [3.05, 3.63) is 52.8 Å². The number of nitrogens with zero attached hydrogens (tertiary/aromatic N) is 3. The van der Waals surface area contributed by atoms with E-state index < -0.39 is 6.04 Å². The molecule has 2 rings (SSSR count). The van der Waals surface area contributed by atoms with Crippen molar-refractivity contribution in [3.63, 3.8) is 0 Å². The monoisotopic (exact) mass is 298 g/mol. The van der Waals surface area contributed by atoms with Gasteiger partial charge in [-0.3, -0.25) is 4.79 Å². The van der Waals surface area contributed by atoms with Gasteiger partial charge in [-0.1, -0.05) is 30.3 Å². The van der Waals surface area contributed by atoms with Crippen molar-refractivity contribution < 1.29 is 4.79 Å². The van der Waals surface area contributed by atoms with E-state index in [0.717, 1.165) is 22.5 Å². The van der Waals surface area contributed by atoms with Crippen LogP contribution in [0, 0.1) is 20.8 Å². The highest BCUT2D eigenvalue weighted by molar-refractivity contribution is 5.85. The van der Waals surface area contributed by atoms with Gasteiger partial charge in [0, 0.05) is 25.5 Å². The molecule has 0 bridgehead atoms. The van der Waals surface area contributed by atoms with Gasteiger partial charge >= 0.3 is 0 Å². The molecule has 5 heteroatoms. The van der Waals surface area contributed by atoms with Crippen molar-refractivity contribution in [2.75, 3.05) is 19.4 Å². The van der Waals surface area contributed by atoms with Crippen LogP contribution < -0.4 is 5.32 Å². The molecule has 0 radical (unpaired) electrons.